The normalized spacial score (nSPS) is 16.1. The van der Waals surface area contributed by atoms with Gasteiger partial charge in [-0.2, -0.15) is 0 Å². The number of H-pyrrole nitrogens is 1. The number of nitrogens with one attached hydrogen (secondary N) is 2. The van der Waals surface area contributed by atoms with E-state index in [0.29, 0.717) is 17.1 Å². The zero-order chi connectivity index (χ0) is 19.0. The molecule has 0 saturated carbocycles. The molecule has 4 rings (SSSR count). The van der Waals surface area contributed by atoms with Crippen LogP contribution in [0.3, 0.4) is 0 Å². The SMILES string of the molecule is CC(C)n1[nH]c(=O)c2c1NC(=O)CC2c1cccc(Oc2ncccn2)c1. The van der Waals surface area contributed by atoms with E-state index in [2.05, 4.69) is 20.4 Å². The first-order chi connectivity index (χ1) is 13.0. The van der Waals surface area contributed by atoms with Gasteiger partial charge in [0.15, 0.2) is 0 Å². The molecule has 8 heteroatoms. The number of rotatable bonds is 4. The predicted octanol–water partition coefficient (Wildman–Crippen LogP) is 2.81. The molecule has 1 aromatic carbocycles. The van der Waals surface area contributed by atoms with Gasteiger partial charge in [0.2, 0.25) is 5.91 Å². The molecular formula is C19H19N5O3. The third-order valence-electron chi connectivity index (χ3n) is 4.49. The van der Waals surface area contributed by atoms with E-state index in [9.17, 15) is 9.59 Å². The fourth-order valence-electron chi connectivity index (χ4n) is 3.29. The fourth-order valence-corrected chi connectivity index (χ4v) is 3.29. The molecule has 3 aromatic rings. The maximum Gasteiger partial charge on any atom is 0.321 e. The number of anilines is 1. The Balaban J connectivity index is 1.74. The van der Waals surface area contributed by atoms with Crippen LogP contribution in [-0.4, -0.2) is 25.7 Å². The molecule has 1 atom stereocenters. The number of amides is 1. The van der Waals surface area contributed by atoms with E-state index >= 15 is 0 Å². The summed E-state index contributed by atoms with van der Waals surface area (Å²) in [7, 11) is 0. The fraction of sp³-hybridized carbons (Fsp3) is 0.263. The van der Waals surface area contributed by atoms with Crippen LogP contribution in [0.15, 0.2) is 47.5 Å². The van der Waals surface area contributed by atoms with Crippen LogP contribution in [0.2, 0.25) is 0 Å². The van der Waals surface area contributed by atoms with Crippen LogP contribution >= 0.6 is 0 Å². The van der Waals surface area contributed by atoms with Gasteiger partial charge in [-0.15, -0.1) is 0 Å². The zero-order valence-corrected chi connectivity index (χ0v) is 15.0. The Morgan fingerprint density at radius 3 is 2.70 bits per heavy atom. The van der Waals surface area contributed by atoms with Crippen molar-refractivity contribution in [3.05, 3.63) is 64.2 Å². The van der Waals surface area contributed by atoms with Crippen LogP contribution in [0, 0.1) is 0 Å². The van der Waals surface area contributed by atoms with Crippen LogP contribution < -0.4 is 15.6 Å². The average molecular weight is 365 g/mol. The molecule has 0 aliphatic carbocycles. The topological polar surface area (TPSA) is 102 Å². The van der Waals surface area contributed by atoms with Gasteiger partial charge in [-0.1, -0.05) is 12.1 Å². The van der Waals surface area contributed by atoms with Crippen LogP contribution in [0.4, 0.5) is 5.82 Å². The van der Waals surface area contributed by atoms with Crippen LogP contribution in [0.1, 0.15) is 43.4 Å². The molecule has 0 radical (unpaired) electrons. The number of ether oxygens (including phenoxy) is 1. The molecule has 27 heavy (non-hydrogen) atoms. The summed E-state index contributed by atoms with van der Waals surface area (Å²) in [5.41, 5.74) is 1.20. The summed E-state index contributed by atoms with van der Waals surface area (Å²) in [5.74, 6) is 0.608. The second-order valence-corrected chi connectivity index (χ2v) is 6.68. The van der Waals surface area contributed by atoms with Gasteiger partial charge in [0, 0.05) is 30.8 Å². The van der Waals surface area contributed by atoms with E-state index in [4.69, 9.17) is 4.74 Å². The molecule has 0 spiro atoms. The van der Waals surface area contributed by atoms with Gasteiger partial charge in [-0.3, -0.25) is 19.4 Å². The summed E-state index contributed by atoms with van der Waals surface area (Å²) in [6.45, 7) is 3.89. The van der Waals surface area contributed by atoms with E-state index in [1.165, 1.54) is 0 Å². The minimum atomic E-state index is -0.349. The molecule has 0 bridgehead atoms. The maximum absolute atomic E-state index is 12.6. The smallest absolute Gasteiger partial charge is 0.321 e. The average Bonchev–Trinajstić information content (AvgIpc) is 2.99. The molecule has 2 N–H and O–H groups in total. The molecule has 3 heterocycles. The minimum Gasteiger partial charge on any atom is -0.424 e. The molecule has 138 valence electrons. The van der Waals surface area contributed by atoms with Gasteiger partial charge >= 0.3 is 6.01 Å². The molecule has 0 fully saturated rings. The second-order valence-electron chi connectivity index (χ2n) is 6.68. The van der Waals surface area contributed by atoms with E-state index in [0.717, 1.165) is 5.56 Å². The van der Waals surface area contributed by atoms with Crippen molar-refractivity contribution in [2.45, 2.75) is 32.2 Å². The van der Waals surface area contributed by atoms with Crippen LogP contribution in [0.25, 0.3) is 0 Å². The Morgan fingerprint density at radius 2 is 1.96 bits per heavy atom. The molecule has 1 amide bonds. The highest BCUT2D eigenvalue weighted by Crippen LogP contribution is 2.37. The quantitative estimate of drug-likeness (QED) is 0.740. The summed E-state index contributed by atoms with van der Waals surface area (Å²) in [6, 6.07) is 9.27. The standard InChI is InChI=1S/C19H19N5O3/c1-11(2)24-17-16(18(26)23-24)14(10-15(25)22-17)12-5-3-6-13(9-12)27-19-20-7-4-8-21-19/h3-9,11,14H,10H2,1-2H3,(H,22,25)(H,23,26). The highest BCUT2D eigenvalue weighted by Gasteiger charge is 2.33. The van der Waals surface area contributed by atoms with Gasteiger partial charge in [0.25, 0.3) is 5.56 Å². The van der Waals surface area contributed by atoms with E-state index in [1.807, 2.05) is 32.0 Å². The second kappa shape index (κ2) is 6.71. The third-order valence-corrected chi connectivity index (χ3v) is 4.49. The van der Waals surface area contributed by atoms with Crippen molar-refractivity contribution in [3.63, 3.8) is 0 Å². The monoisotopic (exact) mass is 365 g/mol. The van der Waals surface area contributed by atoms with Crippen molar-refractivity contribution >= 4 is 11.7 Å². The lowest BCUT2D eigenvalue weighted by Gasteiger charge is -2.24. The number of carbonyl (C=O) groups is 1. The summed E-state index contributed by atoms with van der Waals surface area (Å²) < 4.78 is 7.38. The van der Waals surface area contributed by atoms with Crippen molar-refractivity contribution in [1.29, 1.82) is 0 Å². The minimum absolute atomic E-state index is 0.0189. The molecular weight excluding hydrogens is 346 g/mol. The van der Waals surface area contributed by atoms with Crippen LogP contribution in [0.5, 0.6) is 11.8 Å². The Kier molecular flexibility index (Phi) is 4.23. The predicted molar refractivity (Wildman–Crippen MR) is 99.1 cm³/mol. The van der Waals surface area contributed by atoms with Crippen molar-refractivity contribution in [3.8, 4) is 11.8 Å². The first-order valence-corrected chi connectivity index (χ1v) is 8.72. The number of aromatic amines is 1. The number of fused-ring (bicyclic) bond motifs is 1. The Morgan fingerprint density at radius 1 is 1.19 bits per heavy atom. The lowest BCUT2D eigenvalue weighted by molar-refractivity contribution is -0.116. The lowest BCUT2D eigenvalue weighted by Crippen LogP contribution is -2.27. The third kappa shape index (κ3) is 3.21. The molecule has 0 saturated heterocycles. The Hall–Kier alpha value is -3.42. The zero-order valence-electron chi connectivity index (χ0n) is 15.0. The summed E-state index contributed by atoms with van der Waals surface area (Å²) in [6.07, 6.45) is 3.39. The van der Waals surface area contributed by atoms with Gasteiger partial charge in [-0.05, 0) is 37.6 Å². The van der Waals surface area contributed by atoms with Crippen molar-refractivity contribution in [1.82, 2.24) is 19.7 Å². The highest BCUT2D eigenvalue weighted by molar-refractivity contribution is 5.94. The molecule has 8 nitrogen and oxygen atoms in total. The van der Waals surface area contributed by atoms with Crippen molar-refractivity contribution < 1.29 is 9.53 Å². The molecule has 1 aliphatic rings. The number of benzene rings is 1. The number of hydrogen-bond donors (Lipinski definition) is 2. The Bertz CT molecular complexity index is 1040. The molecule has 2 aromatic heterocycles. The van der Waals surface area contributed by atoms with Gasteiger partial charge in [0.05, 0.1) is 5.56 Å². The molecule has 1 aliphatic heterocycles. The van der Waals surface area contributed by atoms with Crippen LogP contribution in [-0.2, 0) is 4.79 Å². The van der Waals surface area contributed by atoms with Crippen molar-refractivity contribution in [2.75, 3.05) is 5.32 Å². The van der Waals surface area contributed by atoms with Gasteiger partial charge in [-0.25, -0.2) is 9.97 Å². The van der Waals surface area contributed by atoms with Gasteiger partial charge < -0.3 is 10.1 Å². The van der Waals surface area contributed by atoms with Crippen molar-refractivity contribution in [2.24, 2.45) is 0 Å². The molecule has 1 unspecified atom stereocenters. The summed E-state index contributed by atoms with van der Waals surface area (Å²) in [5, 5.41) is 5.65. The number of hydrogen-bond acceptors (Lipinski definition) is 5. The number of aromatic nitrogens is 4. The summed E-state index contributed by atoms with van der Waals surface area (Å²) in [4.78, 5) is 32.9. The first kappa shape index (κ1) is 17.0. The Labute approximate surface area is 155 Å². The largest absolute Gasteiger partial charge is 0.424 e. The lowest BCUT2D eigenvalue weighted by atomic mass is 9.87. The van der Waals surface area contributed by atoms with E-state index < -0.39 is 0 Å². The highest BCUT2D eigenvalue weighted by atomic mass is 16.5. The summed E-state index contributed by atoms with van der Waals surface area (Å²) >= 11 is 0. The maximum atomic E-state index is 12.6. The van der Waals surface area contributed by atoms with E-state index in [-0.39, 0.29) is 35.9 Å². The van der Waals surface area contributed by atoms with E-state index in [1.54, 1.807) is 29.2 Å². The number of carbonyl (C=O) groups excluding carboxylic acids is 1. The first-order valence-electron chi connectivity index (χ1n) is 8.72. The number of nitrogens with zero attached hydrogens (tertiary/aromatic N) is 3. The van der Waals surface area contributed by atoms with Gasteiger partial charge in [0.1, 0.15) is 11.6 Å².